The molecular formula is C16H22N6O. The maximum atomic E-state index is 11.4. The number of carbonyl (C=O) groups excluding carboxylic acids is 1. The molecule has 2 aromatic rings. The lowest BCUT2D eigenvalue weighted by Gasteiger charge is -2.10. The predicted octanol–water partition coefficient (Wildman–Crippen LogP) is 2.25. The van der Waals surface area contributed by atoms with E-state index in [1.165, 1.54) is 0 Å². The lowest BCUT2D eigenvalue weighted by molar-refractivity contribution is -0.121. The van der Waals surface area contributed by atoms with Gasteiger partial charge in [0.15, 0.2) is 0 Å². The first kappa shape index (κ1) is 16.7. The normalized spacial score (nSPS) is 10.2. The minimum absolute atomic E-state index is 0.0747. The molecule has 0 aromatic carbocycles. The van der Waals surface area contributed by atoms with Crippen LogP contribution in [0.5, 0.6) is 0 Å². The summed E-state index contributed by atoms with van der Waals surface area (Å²) in [7, 11) is 0. The zero-order chi connectivity index (χ0) is 16.5. The van der Waals surface area contributed by atoms with E-state index < -0.39 is 0 Å². The smallest absolute Gasteiger partial charge is 0.220 e. The van der Waals surface area contributed by atoms with Crippen LogP contribution < -0.4 is 16.0 Å². The summed E-state index contributed by atoms with van der Waals surface area (Å²) < 4.78 is 0. The lowest BCUT2D eigenvalue weighted by Crippen LogP contribution is -2.28. The van der Waals surface area contributed by atoms with Gasteiger partial charge in [-0.2, -0.15) is 0 Å². The van der Waals surface area contributed by atoms with Crippen LogP contribution in [0.4, 0.5) is 17.5 Å². The Morgan fingerprint density at radius 2 is 1.96 bits per heavy atom. The van der Waals surface area contributed by atoms with Gasteiger partial charge in [0.25, 0.3) is 0 Å². The molecule has 2 aromatic heterocycles. The quantitative estimate of drug-likeness (QED) is 0.647. The van der Waals surface area contributed by atoms with Crippen LogP contribution in [0.2, 0.25) is 0 Å². The highest BCUT2D eigenvalue weighted by molar-refractivity contribution is 5.75. The van der Waals surface area contributed by atoms with E-state index in [1.807, 2.05) is 38.1 Å². The molecule has 0 aliphatic rings. The molecule has 0 saturated carbocycles. The molecule has 0 unspecified atom stereocenters. The van der Waals surface area contributed by atoms with Gasteiger partial charge in [0, 0.05) is 31.8 Å². The van der Waals surface area contributed by atoms with Crippen LogP contribution in [0.25, 0.3) is 0 Å². The predicted molar refractivity (Wildman–Crippen MR) is 90.7 cm³/mol. The maximum Gasteiger partial charge on any atom is 0.220 e. The molecule has 0 aliphatic heterocycles. The van der Waals surface area contributed by atoms with E-state index in [4.69, 9.17) is 0 Å². The van der Waals surface area contributed by atoms with E-state index in [9.17, 15) is 4.79 Å². The van der Waals surface area contributed by atoms with Gasteiger partial charge in [-0.05, 0) is 25.5 Å². The Labute approximate surface area is 136 Å². The van der Waals surface area contributed by atoms with Crippen LogP contribution in [-0.4, -0.2) is 33.9 Å². The summed E-state index contributed by atoms with van der Waals surface area (Å²) in [5.41, 5.74) is 0. The fourth-order valence-corrected chi connectivity index (χ4v) is 2.00. The maximum absolute atomic E-state index is 11.4. The Hall–Kier alpha value is -2.70. The molecule has 3 N–H and O–H groups in total. The van der Waals surface area contributed by atoms with Crippen molar-refractivity contribution in [2.24, 2.45) is 0 Å². The van der Waals surface area contributed by atoms with Crippen molar-refractivity contribution in [1.82, 2.24) is 20.3 Å². The molecular weight excluding hydrogens is 292 g/mol. The number of anilines is 3. The number of amides is 1. The number of rotatable bonds is 8. The number of hydrogen-bond donors (Lipinski definition) is 3. The summed E-state index contributed by atoms with van der Waals surface area (Å²) in [5, 5.41) is 9.17. The minimum atomic E-state index is 0.0747. The van der Waals surface area contributed by atoms with E-state index in [-0.39, 0.29) is 5.91 Å². The molecule has 0 fully saturated rings. The van der Waals surface area contributed by atoms with Gasteiger partial charge in [-0.3, -0.25) is 4.79 Å². The van der Waals surface area contributed by atoms with Crippen molar-refractivity contribution in [3.63, 3.8) is 0 Å². The third-order valence-electron chi connectivity index (χ3n) is 2.99. The van der Waals surface area contributed by atoms with E-state index in [0.29, 0.717) is 37.0 Å². The zero-order valence-corrected chi connectivity index (χ0v) is 13.5. The van der Waals surface area contributed by atoms with Crippen LogP contribution in [0.15, 0.2) is 30.5 Å². The van der Waals surface area contributed by atoms with Gasteiger partial charge in [0.1, 0.15) is 23.3 Å². The number of nitrogens with zero attached hydrogens (tertiary/aromatic N) is 3. The lowest BCUT2D eigenvalue weighted by atomic mass is 10.3. The molecule has 23 heavy (non-hydrogen) atoms. The Bertz CT molecular complexity index is 632. The second-order valence-corrected chi connectivity index (χ2v) is 5.05. The number of nitrogens with one attached hydrogen (secondary N) is 3. The molecule has 2 rings (SSSR count). The highest BCUT2D eigenvalue weighted by Gasteiger charge is 2.03. The minimum Gasteiger partial charge on any atom is -0.368 e. The Kier molecular flexibility index (Phi) is 6.28. The second-order valence-electron chi connectivity index (χ2n) is 5.05. The number of aromatic nitrogens is 3. The molecule has 0 aliphatic carbocycles. The van der Waals surface area contributed by atoms with E-state index in [0.717, 1.165) is 12.2 Å². The topological polar surface area (TPSA) is 91.8 Å². The van der Waals surface area contributed by atoms with Crippen molar-refractivity contribution < 1.29 is 4.79 Å². The van der Waals surface area contributed by atoms with E-state index in [1.54, 1.807) is 6.20 Å². The first-order chi connectivity index (χ1) is 11.2. The average Bonchev–Trinajstić information content (AvgIpc) is 2.52. The van der Waals surface area contributed by atoms with Gasteiger partial charge < -0.3 is 16.0 Å². The molecule has 0 bridgehead atoms. The summed E-state index contributed by atoms with van der Waals surface area (Å²) in [4.78, 5) is 24.3. The molecule has 0 atom stereocenters. The van der Waals surface area contributed by atoms with Gasteiger partial charge in [0.05, 0.1) is 0 Å². The molecule has 7 nitrogen and oxygen atoms in total. The van der Waals surface area contributed by atoms with E-state index in [2.05, 4.69) is 30.9 Å². The molecule has 0 radical (unpaired) electrons. The van der Waals surface area contributed by atoms with Crippen molar-refractivity contribution in [3.8, 4) is 0 Å². The molecule has 122 valence electrons. The second kappa shape index (κ2) is 8.67. The first-order valence-electron chi connectivity index (χ1n) is 7.71. The summed E-state index contributed by atoms with van der Waals surface area (Å²) in [5.74, 6) is 2.84. The molecule has 7 heteroatoms. The Morgan fingerprint density at radius 1 is 1.13 bits per heavy atom. The van der Waals surface area contributed by atoms with Crippen molar-refractivity contribution >= 4 is 23.4 Å². The van der Waals surface area contributed by atoms with Crippen molar-refractivity contribution in [2.75, 3.05) is 23.7 Å². The van der Waals surface area contributed by atoms with Gasteiger partial charge in [-0.15, -0.1) is 0 Å². The van der Waals surface area contributed by atoms with Crippen molar-refractivity contribution in [1.29, 1.82) is 0 Å². The van der Waals surface area contributed by atoms with Crippen molar-refractivity contribution in [2.45, 2.75) is 26.7 Å². The van der Waals surface area contributed by atoms with Crippen LogP contribution >= 0.6 is 0 Å². The Morgan fingerprint density at radius 3 is 2.70 bits per heavy atom. The number of hydrogen-bond acceptors (Lipinski definition) is 6. The zero-order valence-electron chi connectivity index (χ0n) is 13.5. The average molecular weight is 314 g/mol. The van der Waals surface area contributed by atoms with Crippen molar-refractivity contribution in [3.05, 3.63) is 36.3 Å². The van der Waals surface area contributed by atoms with Crippen LogP contribution in [-0.2, 0) is 4.79 Å². The highest BCUT2D eigenvalue weighted by Crippen LogP contribution is 2.15. The summed E-state index contributed by atoms with van der Waals surface area (Å²) in [6, 6.07) is 7.45. The molecule has 2 heterocycles. The van der Waals surface area contributed by atoms with Gasteiger partial charge in [0.2, 0.25) is 5.91 Å². The monoisotopic (exact) mass is 314 g/mol. The Balaban J connectivity index is 1.88. The molecule has 0 spiro atoms. The first-order valence-corrected chi connectivity index (χ1v) is 7.71. The molecule has 1 amide bonds. The molecule has 0 saturated heterocycles. The fraction of sp³-hybridized carbons (Fsp3) is 0.375. The third kappa shape index (κ3) is 5.90. The van der Waals surface area contributed by atoms with Crippen LogP contribution in [0, 0.1) is 6.92 Å². The van der Waals surface area contributed by atoms with E-state index >= 15 is 0 Å². The fourth-order valence-electron chi connectivity index (χ4n) is 2.00. The summed E-state index contributed by atoms with van der Waals surface area (Å²) in [6.45, 7) is 4.98. The number of aryl methyl sites for hydroxylation is 1. The number of carbonyl (C=O) groups is 1. The SMILES string of the molecule is CCCC(=O)NCCNc1cc(Nc2ccccn2)nc(C)n1. The summed E-state index contributed by atoms with van der Waals surface area (Å²) in [6.07, 6.45) is 3.13. The van der Waals surface area contributed by atoms with Gasteiger partial charge in [-0.1, -0.05) is 13.0 Å². The third-order valence-corrected chi connectivity index (χ3v) is 2.99. The van der Waals surface area contributed by atoms with Crippen LogP contribution in [0.1, 0.15) is 25.6 Å². The van der Waals surface area contributed by atoms with Crippen LogP contribution in [0.3, 0.4) is 0 Å². The summed E-state index contributed by atoms with van der Waals surface area (Å²) >= 11 is 0. The largest absolute Gasteiger partial charge is 0.368 e. The highest BCUT2D eigenvalue weighted by atomic mass is 16.1. The van der Waals surface area contributed by atoms with Gasteiger partial charge >= 0.3 is 0 Å². The standard InChI is InChI=1S/C16H22N6O/c1-3-6-16(23)19-10-9-18-14-11-15(21-12(2)20-14)22-13-7-4-5-8-17-13/h4-5,7-8,11H,3,6,9-10H2,1-2H3,(H,19,23)(H2,17,18,20,21,22). The van der Waals surface area contributed by atoms with Gasteiger partial charge in [-0.25, -0.2) is 15.0 Å². The number of pyridine rings is 1.